The smallest absolute Gasteiger partial charge is 0.171 e. The third kappa shape index (κ3) is 2.86. The van der Waals surface area contributed by atoms with Gasteiger partial charge in [0.05, 0.1) is 11.0 Å². The van der Waals surface area contributed by atoms with Crippen LogP contribution in [0.15, 0.2) is 58.6 Å². The standard InChI is InChI=1S/C16H17N3S/c1-2-17-11-12-7-3-6-10-15(12)20-16-18-13-8-4-5-9-14(13)19-16/h3-10,17H,2,11H2,1H3,(H,18,19). The summed E-state index contributed by atoms with van der Waals surface area (Å²) in [5, 5.41) is 4.31. The molecule has 0 aliphatic heterocycles. The van der Waals surface area contributed by atoms with Crippen molar-refractivity contribution in [3.63, 3.8) is 0 Å². The molecule has 0 atom stereocenters. The van der Waals surface area contributed by atoms with Crippen LogP contribution < -0.4 is 5.32 Å². The fourth-order valence-corrected chi connectivity index (χ4v) is 3.02. The number of imidazole rings is 1. The van der Waals surface area contributed by atoms with E-state index < -0.39 is 0 Å². The van der Waals surface area contributed by atoms with Gasteiger partial charge < -0.3 is 10.3 Å². The largest absolute Gasteiger partial charge is 0.333 e. The molecule has 0 aliphatic rings. The third-order valence-electron chi connectivity index (χ3n) is 3.11. The summed E-state index contributed by atoms with van der Waals surface area (Å²) in [6.45, 7) is 3.98. The van der Waals surface area contributed by atoms with Crippen LogP contribution in [0.5, 0.6) is 0 Å². The van der Waals surface area contributed by atoms with E-state index in [4.69, 9.17) is 0 Å². The van der Waals surface area contributed by atoms with Crippen LogP contribution in [-0.2, 0) is 6.54 Å². The average molecular weight is 283 g/mol. The van der Waals surface area contributed by atoms with Crippen LogP contribution in [0.3, 0.4) is 0 Å². The number of nitrogens with zero attached hydrogens (tertiary/aromatic N) is 1. The summed E-state index contributed by atoms with van der Waals surface area (Å²) in [6.07, 6.45) is 0. The number of benzene rings is 2. The quantitative estimate of drug-likeness (QED) is 0.748. The van der Waals surface area contributed by atoms with Crippen molar-refractivity contribution >= 4 is 22.8 Å². The Labute approximate surface area is 122 Å². The van der Waals surface area contributed by atoms with E-state index in [0.717, 1.165) is 29.3 Å². The fraction of sp³-hybridized carbons (Fsp3) is 0.188. The SMILES string of the molecule is CCNCc1ccccc1Sc1nc2ccccc2[nH]1. The lowest BCUT2D eigenvalue weighted by atomic mass is 10.2. The Kier molecular flexibility index (Phi) is 4.04. The molecule has 0 bridgehead atoms. The predicted molar refractivity (Wildman–Crippen MR) is 84.0 cm³/mol. The number of para-hydroxylation sites is 2. The maximum absolute atomic E-state index is 4.62. The Morgan fingerprint density at radius 1 is 1.10 bits per heavy atom. The van der Waals surface area contributed by atoms with E-state index in [0.29, 0.717) is 0 Å². The van der Waals surface area contributed by atoms with Crippen molar-refractivity contribution in [1.82, 2.24) is 15.3 Å². The number of H-pyrrole nitrogens is 1. The number of fused-ring (bicyclic) bond motifs is 1. The molecule has 0 radical (unpaired) electrons. The van der Waals surface area contributed by atoms with E-state index in [2.05, 4.69) is 52.5 Å². The summed E-state index contributed by atoms with van der Waals surface area (Å²) in [5.41, 5.74) is 3.40. The van der Waals surface area contributed by atoms with E-state index in [1.165, 1.54) is 10.5 Å². The molecule has 20 heavy (non-hydrogen) atoms. The van der Waals surface area contributed by atoms with Gasteiger partial charge in [-0.05, 0) is 30.3 Å². The van der Waals surface area contributed by atoms with Gasteiger partial charge in [-0.1, -0.05) is 49.0 Å². The molecule has 4 heteroatoms. The second-order valence-corrected chi connectivity index (χ2v) is 5.58. The molecule has 0 fully saturated rings. The summed E-state index contributed by atoms with van der Waals surface area (Å²) in [5.74, 6) is 0. The first kappa shape index (κ1) is 13.2. The summed E-state index contributed by atoms with van der Waals surface area (Å²) in [6, 6.07) is 16.6. The fourth-order valence-electron chi connectivity index (χ4n) is 2.09. The van der Waals surface area contributed by atoms with Gasteiger partial charge in [0.25, 0.3) is 0 Å². The highest BCUT2D eigenvalue weighted by Gasteiger charge is 2.07. The van der Waals surface area contributed by atoms with Gasteiger partial charge in [0, 0.05) is 11.4 Å². The van der Waals surface area contributed by atoms with Crippen LogP contribution in [0, 0.1) is 0 Å². The van der Waals surface area contributed by atoms with Gasteiger partial charge in [0.15, 0.2) is 5.16 Å². The topological polar surface area (TPSA) is 40.7 Å². The van der Waals surface area contributed by atoms with Crippen LogP contribution in [-0.4, -0.2) is 16.5 Å². The minimum atomic E-state index is 0.889. The summed E-state index contributed by atoms with van der Waals surface area (Å²) in [7, 11) is 0. The van der Waals surface area contributed by atoms with Crippen molar-refractivity contribution < 1.29 is 0 Å². The van der Waals surface area contributed by atoms with Gasteiger partial charge in [-0.3, -0.25) is 0 Å². The van der Waals surface area contributed by atoms with Crippen molar-refractivity contribution in [2.24, 2.45) is 0 Å². The van der Waals surface area contributed by atoms with Gasteiger partial charge in [0.2, 0.25) is 0 Å². The maximum Gasteiger partial charge on any atom is 0.171 e. The second kappa shape index (κ2) is 6.11. The Morgan fingerprint density at radius 3 is 2.75 bits per heavy atom. The molecule has 0 amide bonds. The Morgan fingerprint density at radius 2 is 1.90 bits per heavy atom. The third-order valence-corrected chi connectivity index (χ3v) is 4.12. The molecule has 3 aromatic rings. The Balaban J connectivity index is 1.86. The van der Waals surface area contributed by atoms with E-state index in [1.54, 1.807) is 11.8 Å². The van der Waals surface area contributed by atoms with Crippen LogP contribution in [0.4, 0.5) is 0 Å². The number of nitrogens with one attached hydrogen (secondary N) is 2. The zero-order chi connectivity index (χ0) is 13.8. The number of aromatic nitrogens is 2. The molecule has 2 N–H and O–H groups in total. The first-order chi connectivity index (χ1) is 9.86. The van der Waals surface area contributed by atoms with Crippen molar-refractivity contribution in [3.05, 3.63) is 54.1 Å². The lowest BCUT2D eigenvalue weighted by Gasteiger charge is -2.07. The molecule has 0 unspecified atom stereocenters. The van der Waals surface area contributed by atoms with Crippen LogP contribution in [0.2, 0.25) is 0 Å². The van der Waals surface area contributed by atoms with E-state index in [-0.39, 0.29) is 0 Å². The van der Waals surface area contributed by atoms with Crippen LogP contribution in [0.1, 0.15) is 12.5 Å². The number of rotatable bonds is 5. The second-order valence-electron chi connectivity index (χ2n) is 4.55. The van der Waals surface area contributed by atoms with E-state index in [1.807, 2.05) is 18.2 Å². The normalized spacial score (nSPS) is 11.1. The Hall–Kier alpha value is -1.78. The van der Waals surface area contributed by atoms with Crippen LogP contribution in [0.25, 0.3) is 11.0 Å². The van der Waals surface area contributed by atoms with Crippen molar-refractivity contribution in [2.75, 3.05) is 6.54 Å². The van der Waals surface area contributed by atoms with Crippen molar-refractivity contribution in [3.8, 4) is 0 Å². The summed E-state index contributed by atoms with van der Waals surface area (Å²) < 4.78 is 0. The van der Waals surface area contributed by atoms with E-state index >= 15 is 0 Å². The highest BCUT2D eigenvalue weighted by atomic mass is 32.2. The lowest BCUT2D eigenvalue weighted by Crippen LogP contribution is -2.12. The summed E-state index contributed by atoms with van der Waals surface area (Å²) in [4.78, 5) is 9.22. The summed E-state index contributed by atoms with van der Waals surface area (Å²) >= 11 is 1.68. The minimum absolute atomic E-state index is 0.889. The molecule has 3 rings (SSSR count). The predicted octanol–water partition coefficient (Wildman–Crippen LogP) is 3.82. The van der Waals surface area contributed by atoms with E-state index in [9.17, 15) is 0 Å². The maximum atomic E-state index is 4.62. The zero-order valence-corrected chi connectivity index (χ0v) is 12.2. The first-order valence-electron chi connectivity index (χ1n) is 6.78. The zero-order valence-electron chi connectivity index (χ0n) is 11.4. The van der Waals surface area contributed by atoms with Gasteiger partial charge in [-0.15, -0.1) is 0 Å². The molecular weight excluding hydrogens is 266 g/mol. The van der Waals surface area contributed by atoms with Gasteiger partial charge in [-0.25, -0.2) is 4.98 Å². The molecule has 1 aromatic heterocycles. The molecule has 0 spiro atoms. The molecule has 0 aliphatic carbocycles. The Bertz CT molecular complexity index is 673. The van der Waals surface area contributed by atoms with Gasteiger partial charge in [0.1, 0.15) is 0 Å². The van der Waals surface area contributed by atoms with Crippen LogP contribution >= 0.6 is 11.8 Å². The van der Waals surface area contributed by atoms with Gasteiger partial charge >= 0.3 is 0 Å². The first-order valence-corrected chi connectivity index (χ1v) is 7.59. The molecule has 1 heterocycles. The number of aromatic amines is 1. The number of hydrogen-bond donors (Lipinski definition) is 2. The number of hydrogen-bond acceptors (Lipinski definition) is 3. The molecular formula is C16H17N3S. The minimum Gasteiger partial charge on any atom is -0.333 e. The van der Waals surface area contributed by atoms with Crippen molar-refractivity contribution in [1.29, 1.82) is 0 Å². The molecule has 0 saturated carbocycles. The van der Waals surface area contributed by atoms with Crippen molar-refractivity contribution in [2.45, 2.75) is 23.5 Å². The molecule has 102 valence electrons. The molecule has 3 nitrogen and oxygen atoms in total. The molecule has 2 aromatic carbocycles. The van der Waals surface area contributed by atoms with Gasteiger partial charge in [-0.2, -0.15) is 0 Å². The molecule has 0 saturated heterocycles. The highest BCUT2D eigenvalue weighted by molar-refractivity contribution is 7.99. The lowest BCUT2D eigenvalue weighted by molar-refractivity contribution is 0.718. The monoisotopic (exact) mass is 283 g/mol. The highest BCUT2D eigenvalue weighted by Crippen LogP contribution is 2.29. The average Bonchev–Trinajstić information content (AvgIpc) is 2.88.